The van der Waals surface area contributed by atoms with Crippen LogP contribution >= 0.6 is 27.3 Å². The Balaban J connectivity index is 2.19. The van der Waals surface area contributed by atoms with Crippen LogP contribution in [0.5, 0.6) is 5.75 Å². The molecule has 2 nitrogen and oxygen atoms in total. The summed E-state index contributed by atoms with van der Waals surface area (Å²) in [5, 5.41) is 5.28. The standard InChI is InChI=1S/C13H13BrFNOS/c1-8(13-12(14)3-4-18-13)16-10-5-9(15)6-11(7-10)17-2/h3-8,16H,1-2H3. The number of rotatable bonds is 4. The summed E-state index contributed by atoms with van der Waals surface area (Å²) in [6, 6.07) is 6.70. The Kier molecular flexibility index (Phi) is 4.24. The summed E-state index contributed by atoms with van der Waals surface area (Å²) < 4.78 is 19.5. The van der Waals surface area contributed by atoms with Gasteiger partial charge >= 0.3 is 0 Å². The molecule has 5 heteroatoms. The maximum absolute atomic E-state index is 13.4. The molecule has 0 spiro atoms. The third-order valence-electron chi connectivity index (χ3n) is 2.53. The van der Waals surface area contributed by atoms with Crippen LogP contribution < -0.4 is 10.1 Å². The Morgan fingerprint density at radius 2 is 2.17 bits per heavy atom. The van der Waals surface area contributed by atoms with Crippen molar-refractivity contribution < 1.29 is 9.13 Å². The highest BCUT2D eigenvalue weighted by molar-refractivity contribution is 9.10. The zero-order chi connectivity index (χ0) is 13.1. The third kappa shape index (κ3) is 3.03. The van der Waals surface area contributed by atoms with Gasteiger partial charge in [0.15, 0.2) is 0 Å². The summed E-state index contributed by atoms with van der Waals surface area (Å²) >= 11 is 5.15. The maximum Gasteiger partial charge on any atom is 0.128 e. The number of anilines is 1. The number of halogens is 2. The van der Waals surface area contributed by atoms with Gasteiger partial charge in [-0.3, -0.25) is 0 Å². The zero-order valence-corrected chi connectivity index (χ0v) is 12.4. The molecule has 0 saturated carbocycles. The van der Waals surface area contributed by atoms with E-state index in [1.54, 1.807) is 17.4 Å². The summed E-state index contributed by atoms with van der Waals surface area (Å²) in [4.78, 5) is 1.18. The van der Waals surface area contributed by atoms with E-state index in [0.29, 0.717) is 11.4 Å². The number of methoxy groups -OCH3 is 1. The molecule has 1 aromatic carbocycles. The van der Waals surface area contributed by atoms with E-state index in [1.807, 2.05) is 18.4 Å². The van der Waals surface area contributed by atoms with Crippen LogP contribution in [-0.4, -0.2) is 7.11 Å². The van der Waals surface area contributed by atoms with Crippen LogP contribution in [0, 0.1) is 5.82 Å². The lowest BCUT2D eigenvalue weighted by molar-refractivity contribution is 0.411. The molecule has 0 fully saturated rings. The van der Waals surface area contributed by atoms with Gasteiger partial charge in [0.2, 0.25) is 0 Å². The normalized spacial score (nSPS) is 12.2. The van der Waals surface area contributed by atoms with Crippen LogP contribution in [-0.2, 0) is 0 Å². The lowest BCUT2D eigenvalue weighted by atomic mass is 10.2. The van der Waals surface area contributed by atoms with Crippen LogP contribution in [0.4, 0.5) is 10.1 Å². The monoisotopic (exact) mass is 329 g/mol. The number of nitrogens with one attached hydrogen (secondary N) is 1. The van der Waals surface area contributed by atoms with Gasteiger partial charge in [-0.15, -0.1) is 11.3 Å². The Labute approximate surface area is 118 Å². The van der Waals surface area contributed by atoms with Crippen molar-refractivity contribution in [1.29, 1.82) is 0 Å². The van der Waals surface area contributed by atoms with Crippen molar-refractivity contribution in [1.82, 2.24) is 0 Å². The van der Waals surface area contributed by atoms with Crippen molar-refractivity contribution in [2.75, 3.05) is 12.4 Å². The third-order valence-corrected chi connectivity index (χ3v) is 4.58. The van der Waals surface area contributed by atoms with Crippen molar-refractivity contribution in [3.63, 3.8) is 0 Å². The molecule has 0 bridgehead atoms. The fraction of sp³-hybridized carbons (Fsp3) is 0.231. The number of hydrogen-bond donors (Lipinski definition) is 1. The first-order valence-electron chi connectivity index (χ1n) is 5.44. The van der Waals surface area contributed by atoms with E-state index in [9.17, 15) is 4.39 Å². The smallest absolute Gasteiger partial charge is 0.128 e. The molecule has 0 amide bonds. The lowest BCUT2D eigenvalue weighted by Crippen LogP contribution is -2.05. The Morgan fingerprint density at radius 1 is 1.39 bits per heavy atom. The summed E-state index contributed by atoms with van der Waals surface area (Å²) in [6.45, 7) is 2.04. The van der Waals surface area contributed by atoms with E-state index in [2.05, 4.69) is 21.2 Å². The number of ether oxygens (including phenoxy) is 1. The van der Waals surface area contributed by atoms with Gasteiger partial charge in [-0.1, -0.05) is 0 Å². The van der Waals surface area contributed by atoms with Gasteiger partial charge in [-0.25, -0.2) is 4.39 Å². The lowest BCUT2D eigenvalue weighted by Gasteiger charge is -2.15. The highest BCUT2D eigenvalue weighted by Gasteiger charge is 2.11. The van der Waals surface area contributed by atoms with Gasteiger partial charge in [0.05, 0.1) is 13.2 Å². The molecular formula is C13H13BrFNOS. The molecule has 1 unspecified atom stereocenters. The van der Waals surface area contributed by atoms with E-state index < -0.39 is 0 Å². The summed E-state index contributed by atoms with van der Waals surface area (Å²) in [7, 11) is 1.53. The van der Waals surface area contributed by atoms with E-state index in [0.717, 1.165) is 4.47 Å². The van der Waals surface area contributed by atoms with Gasteiger partial charge < -0.3 is 10.1 Å². The largest absolute Gasteiger partial charge is 0.497 e. The second kappa shape index (κ2) is 5.71. The highest BCUT2D eigenvalue weighted by Crippen LogP contribution is 2.32. The number of hydrogen-bond acceptors (Lipinski definition) is 3. The average Bonchev–Trinajstić information content (AvgIpc) is 2.74. The van der Waals surface area contributed by atoms with Crippen molar-refractivity contribution in [2.24, 2.45) is 0 Å². The van der Waals surface area contributed by atoms with E-state index in [4.69, 9.17) is 4.74 Å². The van der Waals surface area contributed by atoms with Crippen LogP contribution in [0.1, 0.15) is 17.8 Å². The predicted octanol–water partition coefficient (Wildman–Crippen LogP) is 4.83. The van der Waals surface area contributed by atoms with Crippen LogP contribution in [0.25, 0.3) is 0 Å². The minimum atomic E-state index is -0.311. The maximum atomic E-state index is 13.4. The number of thiophene rings is 1. The molecule has 0 radical (unpaired) electrons. The Hall–Kier alpha value is -1.07. The molecule has 96 valence electrons. The molecule has 2 rings (SSSR count). The molecule has 1 aromatic heterocycles. The van der Waals surface area contributed by atoms with Crippen molar-refractivity contribution in [2.45, 2.75) is 13.0 Å². The van der Waals surface area contributed by atoms with Crippen molar-refractivity contribution >= 4 is 33.0 Å². The van der Waals surface area contributed by atoms with Crippen molar-refractivity contribution in [3.8, 4) is 5.75 Å². The van der Waals surface area contributed by atoms with Crippen LogP contribution in [0.3, 0.4) is 0 Å². The first-order valence-corrected chi connectivity index (χ1v) is 7.11. The van der Waals surface area contributed by atoms with Gasteiger partial charge in [0.1, 0.15) is 11.6 Å². The van der Waals surface area contributed by atoms with E-state index in [1.165, 1.54) is 24.1 Å². The fourth-order valence-electron chi connectivity index (χ4n) is 1.69. The Morgan fingerprint density at radius 3 is 2.78 bits per heavy atom. The van der Waals surface area contributed by atoms with Gasteiger partial charge in [-0.2, -0.15) is 0 Å². The topological polar surface area (TPSA) is 21.3 Å². The molecule has 1 atom stereocenters. The molecule has 18 heavy (non-hydrogen) atoms. The molecular weight excluding hydrogens is 317 g/mol. The van der Waals surface area contributed by atoms with Gasteiger partial charge in [0, 0.05) is 27.2 Å². The molecule has 1 N–H and O–H groups in total. The molecule has 0 aliphatic rings. The average molecular weight is 330 g/mol. The molecule has 0 saturated heterocycles. The van der Waals surface area contributed by atoms with Crippen LogP contribution in [0.15, 0.2) is 34.1 Å². The first-order chi connectivity index (χ1) is 8.60. The minimum absolute atomic E-state index is 0.103. The molecule has 0 aliphatic carbocycles. The summed E-state index contributed by atoms with van der Waals surface area (Å²) in [6.07, 6.45) is 0. The van der Waals surface area contributed by atoms with Gasteiger partial charge in [0.25, 0.3) is 0 Å². The highest BCUT2D eigenvalue weighted by atomic mass is 79.9. The molecule has 0 aliphatic heterocycles. The summed E-state index contributed by atoms with van der Waals surface area (Å²) in [5.74, 6) is 0.198. The second-order valence-corrected chi connectivity index (χ2v) is 5.68. The molecule has 2 aromatic rings. The van der Waals surface area contributed by atoms with E-state index >= 15 is 0 Å². The number of benzene rings is 1. The van der Waals surface area contributed by atoms with Gasteiger partial charge in [-0.05, 0) is 40.4 Å². The van der Waals surface area contributed by atoms with E-state index in [-0.39, 0.29) is 11.9 Å². The fourth-order valence-corrected chi connectivity index (χ4v) is 3.42. The van der Waals surface area contributed by atoms with Crippen LogP contribution in [0.2, 0.25) is 0 Å². The first kappa shape index (κ1) is 13.4. The minimum Gasteiger partial charge on any atom is -0.497 e. The zero-order valence-electron chi connectivity index (χ0n) is 10.0. The SMILES string of the molecule is COc1cc(F)cc(NC(C)c2sccc2Br)c1. The second-order valence-electron chi connectivity index (χ2n) is 3.88. The quantitative estimate of drug-likeness (QED) is 0.867. The molecule has 1 heterocycles. The predicted molar refractivity (Wildman–Crippen MR) is 77.0 cm³/mol. The Bertz CT molecular complexity index is 544. The van der Waals surface area contributed by atoms with Crippen molar-refractivity contribution in [3.05, 3.63) is 44.8 Å². The summed E-state index contributed by atoms with van der Waals surface area (Å²) in [5.41, 5.74) is 0.708.